The highest BCUT2D eigenvalue weighted by molar-refractivity contribution is 5.75. The van der Waals surface area contributed by atoms with Gasteiger partial charge < -0.3 is 11.1 Å². The number of primary amides is 1. The van der Waals surface area contributed by atoms with Crippen LogP contribution in [0.15, 0.2) is 24.3 Å². The third-order valence-corrected chi connectivity index (χ3v) is 1.88. The summed E-state index contributed by atoms with van der Waals surface area (Å²) in [7, 11) is 0. The maximum atomic E-state index is 12.3. The lowest BCUT2D eigenvalue weighted by molar-refractivity contribution is -0.137. The molecule has 0 fully saturated rings. The molecule has 0 aliphatic rings. The second-order valence-electron chi connectivity index (χ2n) is 3.27. The molecule has 88 valence electrons. The van der Waals surface area contributed by atoms with Crippen LogP contribution in [0.3, 0.4) is 0 Å². The van der Waals surface area contributed by atoms with Crippen molar-refractivity contribution in [2.75, 3.05) is 6.54 Å². The van der Waals surface area contributed by atoms with Crippen molar-refractivity contribution >= 4 is 5.91 Å². The summed E-state index contributed by atoms with van der Waals surface area (Å²) < 4.78 is 37.0. The van der Waals surface area contributed by atoms with Gasteiger partial charge in [-0.1, -0.05) is 18.2 Å². The minimum atomic E-state index is -4.35. The van der Waals surface area contributed by atoms with Gasteiger partial charge in [-0.3, -0.25) is 4.79 Å². The molecular weight excluding hydrogens is 221 g/mol. The quantitative estimate of drug-likeness (QED) is 0.821. The lowest BCUT2D eigenvalue weighted by atomic mass is 10.1. The number of carbonyl (C=O) groups is 1. The maximum Gasteiger partial charge on any atom is 0.416 e. The highest BCUT2D eigenvalue weighted by Gasteiger charge is 2.30. The number of nitrogens with one attached hydrogen (secondary N) is 1. The van der Waals surface area contributed by atoms with Crippen LogP contribution in [0.2, 0.25) is 0 Å². The van der Waals surface area contributed by atoms with E-state index in [0.29, 0.717) is 5.56 Å². The SMILES string of the molecule is NC(=O)CNCc1cccc(C(F)(F)F)c1. The molecule has 3 nitrogen and oxygen atoms in total. The van der Waals surface area contributed by atoms with E-state index in [9.17, 15) is 18.0 Å². The zero-order chi connectivity index (χ0) is 12.2. The van der Waals surface area contributed by atoms with Crippen molar-refractivity contribution in [2.45, 2.75) is 12.7 Å². The number of rotatable bonds is 4. The van der Waals surface area contributed by atoms with Gasteiger partial charge in [-0.15, -0.1) is 0 Å². The monoisotopic (exact) mass is 232 g/mol. The summed E-state index contributed by atoms with van der Waals surface area (Å²) in [6.07, 6.45) is -4.35. The van der Waals surface area contributed by atoms with Crippen molar-refractivity contribution in [1.82, 2.24) is 5.32 Å². The van der Waals surface area contributed by atoms with Crippen LogP contribution in [0, 0.1) is 0 Å². The predicted octanol–water partition coefficient (Wildman–Crippen LogP) is 1.28. The molecule has 0 heterocycles. The van der Waals surface area contributed by atoms with Gasteiger partial charge in [0.2, 0.25) is 5.91 Å². The summed E-state index contributed by atoms with van der Waals surface area (Å²) >= 11 is 0. The van der Waals surface area contributed by atoms with Crippen LogP contribution in [-0.2, 0) is 17.5 Å². The van der Waals surface area contributed by atoms with Crippen LogP contribution < -0.4 is 11.1 Å². The van der Waals surface area contributed by atoms with Gasteiger partial charge in [-0.05, 0) is 11.6 Å². The Labute approximate surface area is 90.4 Å². The minimum Gasteiger partial charge on any atom is -0.369 e. The highest BCUT2D eigenvalue weighted by atomic mass is 19.4. The van der Waals surface area contributed by atoms with Gasteiger partial charge in [-0.2, -0.15) is 13.2 Å². The zero-order valence-electron chi connectivity index (χ0n) is 8.34. The van der Waals surface area contributed by atoms with Gasteiger partial charge in [0.25, 0.3) is 0 Å². The maximum absolute atomic E-state index is 12.3. The summed E-state index contributed by atoms with van der Waals surface area (Å²) in [6, 6.07) is 4.90. The first-order chi connectivity index (χ1) is 7.39. The number of benzene rings is 1. The molecule has 0 atom stereocenters. The number of hydrogen-bond acceptors (Lipinski definition) is 2. The standard InChI is InChI=1S/C10H11F3N2O/c11-10(12,13)8-3-1-2-7(4-8)5-15-6-9(14)16/h1-4,15H,5-6H2,(H2,14,16). The Morgan fingerprint density at radius 2 is 2.06 bits per heavy atom. The van der Waals surface area contributed by atoms with Gasteiger partial charge in [-0.25, -0.2) is 0 Å². The Balaban J connectivity index is 2.64. The largest absolute Gasteiger partial charge is 0.416 e. The molecule has 0 spiro atoms. The Morgan fingerprint density at radius 3 is 2.62 bits per heavy atom. The molecule has 0 unspecified atom stereocenters. The highest BCUT2D eigenvalue weighted by Crippen LogP contribution is 2.29. The lowest BCUT2D eigenvalue weighted by Gasteiger charge is -2.08. The lowest BCUT2D eigenvalue weighted by Crippen LogP contribution is -2.28. The smallest absolute Gasteiger partial charge is 0.369 e. The summed E-state index contributed by atoms with van der Waals surface area (Å²) in [5.41, 5.74) is 4.63. The predicted molar refractivity (Wildman–Crippen MR) is 52.3 cm³/mol. The molecular formula is C10H11F3N2O. The number of carbonyl (C=O) groups excluding carboxylic acids is 1. The molecule has 0 bridgehead atoms. The first-order valence-corrected chi connectivity index (χ1v) is 4.55. The molecule has 16 heavy (non-hydrogen) atoms. The van der Waals surface area contributed by atoms with Crippen LogP contribution in [0.4, 0.5) is 13.2 Å². The summed E-state index contributed by atoms with van der Waals surface area (Å²) in [6.45, 7) is 0.114. The minimum absolute atomic E-state index is 0.0593. The molecule has 1 amide bonds. The molecule has 1 rings (SSSR count). The van der Waals surface area contributed by atoms with Crippen molar-refractivity contribution < 1.29 is 18.0 Å². The van der Waals surface area contributed by atoms with Gasteiger partial charge in [0.1, 0.15) is 0 Å². The van der Waals surface area contributed by atoms with Crippen molar-refractivity contribution in [3.63, 3.8) is 0 Å². The van der Waals surface area contributed by atoms with E-state index in [1.807, 2.05) is 0 Å². The topological polar surface area (TPSA) is 55.1 Å². The van der Waals surface area contributed by atoms with Crippen LogP contribution in [-0.4, -0.2) is 12.5 Å². The van der Waals surface area contributed by atoms with Gasteiger partial charge in [0.15, 0.2) is 0 Å². The van der Waals surface area contributed by atoms with E-state index in [0.717, 1.165) is 12.1 Å². The van der Waals surface area contributed by atoms with E-state index in [-0.39, 0.29) is 13.1 Å². The van der Waals surface area contributed by atoms with E-state index < -0.39 is 17.6 Å². The molecule has 6 heteroatoms. The molecule has 0 aliphatic heterocycles. The number of halogens is 3. The van der Waals surface area contributed by atoms with Gasteiger partial charge in [0.05, 0.1) is 12.1 Å². The number of hydrogen-bond donors (Lipinski definition) is 2. The van der Waals surface area contributed by atoms with E-state index in [1.54, 1.807) is 6.07 Å². The Morgan fingerprint density at radius 1 is 1.38 bits per heavy atom. The van der Waals surface area contributed by atoms with Gasteiger partial charge >= 0.3 is 6.18 Å². The van der Waals surface area contributed by atoms with Crippen LogP contribution in [0.5, 0.6) is 0 Å². The summed E-state index contributed by atoms with van der Waals surface area (Å²) in [5, 5.41) is 2.64. The second-order valence-corrected chi connectivity index (χ2v) is 3.27. The van der Waals surface area contributed by atoms with Crippen molar-refractivity contribution in [3.8, 4) is 0 Å². The number of alkyl halides is 3. The van der Waals surface area contributed by atoms with Crippen molar-refractivity contribution in [3.05, 3.63) is 35.4 Å². The first-order valence-electron chi connectivity index (χ1n) is 4.55. The number of nitrogens with two attached hydrogens (primary N) is 1. The van der Waals surface area contributed by atoms with E-state index in [2.05, 4.69) is 5.32 Å². The molecule has 0 saturated heterocycles. The summed E-state index contributed by atoms with van der Waals surface area (Å²) in [4.78, 5) is 10.4. The molecule has 0 radical (unpaired) electrons. The third-order valence-electron chi connectivity index (χ3n) is 1.88. The fourth-order valence-corrected chi connectivity index (χ4v) is 1.19. The number of amides is 1. The van der Waals surface area contributed by atoms with Crippen molar-refractivity contribution in [2.24, 2.45) is 5.73 Å². The molecule has 0 saturated carbocycles. The van der Waals surface area contributed by atoms with Crippen LogP contribution in [0.1, 0.15) is 11.1 Å². The molecule has 0 aliphatic carbocycles. The molecule has 1 aromatic carbocycles. The second kappa shape index (κ2) is 4.98. The molecule has 1 aromatic rings. The average molecular weight is 232 g/mol. The Bertz CT molecular complexity index is 377. The first kappa shape index (κ1) is 12.5. The fourth-order valence-electron chi connectivity index (χ4n) is 1.19. The van der Waals surface area contributed by atoms with E-state index in [1.165, 1.54) is 6.07 Å². The summed E-state index contributed by atoms with van der Waals surface area (Å²) in [5.74, 6) is -0.549. The van der Waals surface area contributed by atoms with Gasteiger partial charge in [0, 0.05) is 6.54 Å². The van der Waals surface area contributed by atoms with Crippen LogP contribution >= 0.6 is 0 Å². The van der Waals surface area contributed by atoms with E-state index >= 15 is 0 Å². The Kier molecular flexibility index (Phi) is 3.89. The molecule has 3 N–H and O–H groups in total. The normalized spacial score (nSPS) is 11.4. The van der Waals surface area contributed by atoms with E-state index in [4.69, 9.17) is 5.73 Å². The molecule has 0 aromatic heterocycles. The fraction of sp³-hybridized carbons (Fsp3) is 0.300. The van der Waals surface area contributed by atoms with Crippen LogP contribution in [0.25, 0.3) is 0 Å². The average Bonchev–Trinajstić information content (AvgIpc) is 2.16. The Hall–Kier alpha value is -1.56. The third kappa shape index (κ3) is 3.90. The zero-order valence-corrected chi connectivity index (χ0v) is 8.34. The van der Waals surface area contributed by atoms with Crippen molar-refractivity contribution in [1.29, 1.82) is 0 Å².